The lowest BCUT2D eigenvalue weighted by Gasteiger charge is -2.22. The first-order chi connectivity index (χ1) is 9.81. The summed E-state index contributed by atoms with van der Waals surface area (Å²) < 4.78 is 11.3. The minimum absolute atomic E-state index is 0.605. The van der Waals surface area contributed by atoms with Crippen molar-refractivity contribution in [3.63, 3.8) is 0 Å². The van der Waals surface area contributed by atoms with E-state index < -0.39 is 0 Å². The number of ether oxygens (including phenoxy) is 2. The third-order valence-corrected chi connectivity index (χ3v) is 3.66. The van der Waals surface area contributed by atoms with E-state index in [1.807, 2.05) is 0 Å². The molecule has 0 aromatic carbocycles. The van der Waals surface area contributed by atoms with E-state index in [4.69, 9.17) is 9.47 Å². The molecule has 2 rings (SSSR count). The predicted molar refractivity (Wildman–Crippen MR) is 80.0 cm³/mol. The summed E-state index contributed by atoms with van der Waals surface area (Å²) in [6.07, 6.45) is 3.13. The Morgan fingerprint density at radius 1 is 1.30 bits per heavy atom. The zero-order valence-corrected chi connectivity index (χ0v) is 12.7. The van der Waals surface area contributed by atoms with Crippen molar-refractivity contribution in [2.45, 2.75) is 39.7 Å². The van der Waals surface area contributed by atoms with Gasteiger partial charge in [0.25, 0.3) is 0 Å². The second kappa shape index (κ2) is 8.22. The van der Waals surface area contributed by atoms with E-state index in [1.165, 1.54) is 5.56 Å². The molecule has 0 aliphatic carbocycles. The Morgan fingerprint density at radius 2 is 2.10 bits per heavy atom. The molecule has 0 unspecified atom stereocenters. The molecule has 20 heavy (non-hydrogen) atoms. The third kappa shape index (κ3) is 4.76. The number of hydrogen-bond acceptors (Lipinski definition) is 4. The number of nitrogens with one attached hydrogen (secondary N) is 1. The Labute approximate surface area is 121 Å². The molecule has 4 heteroatoms. The quantitative estimate of drug-likeness (QED) is 0.832. The van der Waals surface area contributed by atoms with Crippen molar-refractivity contribution in [3.8, 4) is 5.88 Å². The summed E-state index contributed by atoms with van der Waals surface area (Å²) in [5.74, 6) is 1.37. The Balaban J connectivity index is 1.94. The number of aryl methyl sites for hydroxylation is 1. The van der Waals surface area contributed by atoms with Crippen LogP contribution in [0.15, 0.2) is 12.1 Å². The molecule has 0 amide bonds. The van der Waals surface area contributed by atoms with Crippen molar-refractivity contribution in [3.05, 3.63) is 23.4 Å². The molecule has 0 atom stereocenters. The van der Waals surface area contributed by atoms with Gasteiger partial charge >= 0.3 is 0 Å². The largest absolute Gasteiger partial charge is 0.477 e. The van der Waals surface area contributed by atoms with Crippen molar-refractivity contribution in [2.24, 2.45) is 5.92 Å². The van der Waals surface area contributed by atoms with Crippen molar-refractivity contribution in [1.82, 2.24) is 10.3 Å². The summed E-state index contributed by atoms with van der Waals surface area (Å²) in [6.45, 7) is 8.57. The van der Waals surface area contributed by atoms with Crippen LogP contribution >= 0.6 is 0 Å². The van der Waals surface area contributed by atoms with Crippen LogP contribution in [0.5, 0.6) is 5.88 Å². The summed E-state index contributed by atoms with van der Waals surface area (Å²) >= 11 is 0. The van der Waals surface area contributed by atoms with Crippen molar-refractivity contribution in [2.75, 3.05) is 26.4 Å². The van der Waals surface area contributed by atoms with Gasteiger partial charge in [-0.25, -0.2) is 4.98 Å². The van der Waals surface area contributed by atoms with E-state index in [0.717, 1.165) is 63.7 Å². The zero-order chi connectivity index (χ0) is 14.2. The lowest BCUT2D eigenvalue weighted by molar-refractivity contribution is 0.0490. The monoisotopic (exact) mass is 278 g/mol. The van der Waals surface area contributed by atoms with Crippen LogP contribution in [-0.4, -0.2) is 31.3 Å². The lowest BCUT2D eigenvalue weighted by Crippen LogP contribution is -2.22. The van der Waals surface area contributed by atoms with E-state index in [9.17, 15) is 0 Å². The molecule has 1 saturated heterocycles. The highest BCUT2D eigenvalue weighted by molar-refractivity contribution is 5.25. The molecule has 1 aliphatic heterocycles. The number of nitrogens with zero attached hydrogens (tertiary/aromatic N) is 1. The normalized spacial score (nSPS) is 16.3. The Morgan fingerprint density at radius 3 is 2.80 bits per heavy atom. The van der Waals surface area contributed by atoms with Gasteiger partial charge in [-0.1, -0.05) is 13.8 Å². The van der Waals surface area contributed by atoms with E-state index in [1.54, 1.807) is 0 Å². The summed E-state index contributed by atoms with van der Waals surface area (Å²) in [5.41, 5.74) is 2.35. The maximum absolute atomic E-state index is 5.91. The maximum atomic E-state index is 5.91. The number of aromatic nitrogens is 1. The van der Waals surface area contributed by atoms with Gasteiger partial charge in [0.05, 0.1) is 6.61 Å². The first kappa shape index (κ1) is 15.3. The lowest BCUT2D eigenvalue weighted by atomic mass is 10.0. The second-order valence-electron chi connectivity index (χ2n) is 5.31. The molecular weight excluding hydrogens is 252 g/mol. The Kier molecular flexibility index (Phi) is 6.27. The van der Waals surface area contributed by atoms with Gasteiger partial charge in [-0.15, -0.1) is 0 Å². The number of pyridine rings is 1. The van der Waals surface area contributed by atoms with Gasteiger partial charge in [-0.3, -0.25) is 0 Å². The minimum atomic E-state index is 0.605. The van der Waals surface area contributed by atoms with Crippen molar-refractivity contribution < 1.29 is 9.47 Å². The van der Waals surface area contributed by atoms with E-state index >= 15 is 0 Å². The number of rotatable bonds is 7. The van der Waals surface area contributed by atoms with Gasteiger partial charge in [0, 0.05) is 31.5 Å². The fraction of sp³-hybridized carbons (Fsp3) is 0.688. The second-order valence-corrected chi connectivity index (χ2v) is 5.31. The van der Waals surface area contributed by atoms with Gasteiger partial charge in [-0.05, 0) is 43.4 Å². The fourth-order valence-electron chi connectivity index (χ4n) is 2.36. The van der Waals surface area contributed by atoms with Crippen LogP contribution in [0.1, 0.15) is 37.9 Å². The van der Waals surface area contributed by atoms with E-state index in [2.05, 4.69) is 36.3 Å². The summed E-state index contributed by atoms with van der Waals surface area (Å²) in [7, 11) is 0. The zero-order valence-electron chi connectivity index (χ0n) is 12.7. The SMILES string of the molecule is CCNCc1cc(CC)nc(OCC2CCOCC2)c1. The molecule has 1 aliphatic rings. The van der Waals surface area contributed by atoms with Gasteiger partial charge in [0.1, 0.15) is 0 Å². The highest BCUT2D eigenvalue weighted by Gasteiger charge is 2.15. The van der Waals surface area contributed by atoms with Crippen LogP contribution in [0, 0.1) is 5.92 Å². The number of hydrogen-bond donors (Lipinski definition) is 1. The van der Waals surface area contributed by atoms with E-state index in [0.29, 0.717) is 5.92 Å². The van der Waals surface area contributed by atoms with Crippen LogP contribution in [0.2, 0.25) is 0 Å². The van der Waals surface area contributed by atoms with Crippen LogP contribution in [0.3, 0.4) is 0 Å². The first-order valence-electron chi connectivity index (χ1n) is 7.73. The Bertz CT molecular complexity index is 403. The topological polar surface area (TPSA) is 43.4 Å². The molecule has 0 radical (unpaired) electrons. The molecule has 1 aromatic rings. The van der Waals surface area contributed by atoms with Gasteiger partial charge < -0.3 is 14.8 Å². The van der Waals surface area contributed by atoms with Crippen LogP contribution < -0.4 is 10.1 Å². The molecule has 112 valence electrons. The predicted octanol–water partition coefficient (Wildman–Crippen LogP) is 2.56. The molecule has 4 nitrogen and oxygen atoms in total. The van der Waals surface area contributed by atoms with Gasteiger partial charge in [0.15, 0.2) is 0 Å². The first-order valence-corrected chi connectivity index (χ1v) is 7.73. The maximum Gasteiger partial charge on any atom is 0.213 e. The molecule has 0 bridgehead atoms. The molecule has 1 aromatic heterocycles. The highest BCUT2D eigenvalue weighted by Crippen LogP contribution is 2.18. The van der Waals surface area contributed by atoms with Gasteiger partial charge in [-0.2, -0.15) is 0 Å². The molecule has 0 spiro atoms. The molecule has 2 heterocycles. The molecular formula is C16H26N2O2. The fourth-order valence-corrected chi connectivity index (χ4v) is 2.36. The third-order valence-electron chi connectivity index (χ3n) is 3.66. The van der Waals surface area contributed by atoms with Gasteiger partial charge in [0.2, 0.25) is 5.88 Å². The molecule has 0 saturated carbocycles. The highest BCUT2D eigenvalue weighted by atomic mass is 16.5. The van der Waals surface area contributed by atoms with Crippen LogP contribution in [0.25, 0.3) is 0 Å². The minimum Gasteiger partial charge on any atom is -0.477 e. The van der Waals surface area contributed by atoms with Crippen molar-refractivity contribution >= 4 is 0 Å². The molecule has 1 fully saturated rings. The van der Waals surface area contributed by atoms with E-state index in [-0.39, 0.29) is 0 Å². The summed E-state index contributed by atoms with van der Waals surface area (Å²) in [4.78, 5) is 4.56. The smallest absolute Gasteiger partial charge is 0.213 e. The summed E-state index contributed by atoms with van der Waals surface area (Å²) in [5, 5.41) is 3.35. The Hall–Kier alpha value is -1.13. The van der Waals surface area contributed by atoms with Crippen LogP contribution in [0.4, 0.5) is 0 Å². The molecule has 1 N–H and O–H groups in total. The summed E-state index contributed by atoms with van der Waals surface area (Å²) in [6, 6.07) is 4.21. The van der Waals surface area contributed by atoms with Crippen molar-refractivity contribution in [1.29, 1.82) is 0 Å². The standard InChI is InChI=1S/C16H26N2O2/c1-3-15-9-14(11-17-4-2)10-16(18-15)20-12-13-5-7-19-8-6-13/h9-10,13,17H,3-8,11-12H2,1-2H3. The average molecular weight is 278 g/mol. The van der Waals surface area contributed by atoms with Crippen LogP contribution in [-0.2, 0) is 17.7 Å². The average Bonchev–Trinajstić information content (AvgIpc) is 2.51.